The van der Waals surface area contributed by atoms with Crippen molar-refractivity contribution >= 4 is 12.0 Å². The highest BCUT2D eigenvalue weighted by Gasteiger charge is 2.12. The zero-order valence-electron chi connectivity index (χ0n) is 11.5. The first kappa shape index (κ1) is 15.9. The Labute approximate surface area is 117 Å². The molecule has 0 aliphatic carbocycles. The summed E-state index contributed by atoms with van der Waals surface area (Å²) in [6, 6.07) is 5.26. The molecule has 2 atom stereocenters. The molecule has 0 saturated heterocycles. The molecule has 0 saturated carbocycles. The van der Waals surface area contributed by atoms with Crippen molar-refractivity contribution in [2.45, 2.75) is 26.3 Å². The SMILES string of the molecule is CC(CNC(=O)NC(C)c1cccc(F)c1)CC(=O)O. The van der Waals surface area contributed by atoms with Gasteiger partial charge in [0.1, 0.15) is 5.82 Å². The lowest BCUT2D eigenvalue weighted by atomic mass is 10.1. The Hall–Kier alpha value is -2.11. The van der Waals surface area contributed by atoms with Crippen LogP contribution >= 0.6 is 0 Å². The van der Waals surface area contributed by atoms with Crippen molar-refractivity contribution in [1.29, 1.82) is 0 Å². The van der Waals surface area contributed by atoms with Crippen LogP contribution in [0.5, 0.6) is 0 Å². The fraction of sp³-hybridized carbons (Fsp3) is 0.429. The molecular weight excluding hydrogens is 263 g/mol. The zero-order valence-corrected chi connectivity index (χ0v) is 11.5. The number of amides is 2. The van der Waals surface area contributed by atoms with Gasteiger partial charge in [-0.1, -0.05) is 19.1 Å². The van der Waals surface area contributed by atoms with Crippen LogP contribution in [0.25, 0.3) is 0 Å². The molecule has 0 heterocycles. The Morgan fingerprint density at radius 3 is 2.65 bits per heavy atom. The molecule has 0 aliphatic heterocycles. The van der Waals surface area contributed by atoms with E-state index in [1.165, 1.54) is 12.1 Å². The molecule has 0 fully saturated rings. The number of hydrogen-bond acceptors (Lipinski definition) is 2. The van der Waals surface area contributed by atoms with Crippen LogP contribution < -0.4 is 10.6 Å². The van der Waals surface area contributed by atoms with Gasteiger partial charge in [0.25, 0.3) is 0 Å². The number of nitrogens with one attached hydrogen (secondary N) is 2. The number of carboxylic acid groups (broad SMARTS) is 1. The van der Waals surface area contributed by atoms with Gasteiger partial charge >= 0.3 is 12.0 Å². The predicted octanol–water partition coefficient (Wildman–Crippen LogP) is 2.30. The van der Waals surface area contributed by atoms with Crippen LogP contribution in [0.3, 0.4) is 0 Å². The maximum atomic E-state index is 13.1. The van der Waals surface area contributed by atoms with E-state index in [0.29, 0.717) is 5.56 Å². The highest BCUT2D eigenvalue weighted by Crippen LogP contribution is 2.13. The van der Waals surface area contributed by atoms with Gasteiger partial charge in [0.05, 0.1) is 6.04 Å². The largest absolute Gasteiger partial charge is 0.481 e. The molecule has 20 heavy (non-hydrogen) atoms. The molecule has 6 heteroatoms. The van der Waals surface area contributed by atoms with E-state index >= 15 is 0 Å². The fourth-order valence-corrected chi connectivity index (χ4v) is 1.74. The van der Waals surface area contributed by atoms with Gasteiger partial charge in [-0.25, -0.2) is 9.18 Å². The first-order chi connectivity index (χ1) is 9.38. The molecule has 0 bridgehead atoms. The number of urea groups is 1. The summed E-state index contributed by atoms with van der Waals surface area (Å²) in [5.41, 5.74) is 0.665. The number of benzene rings is 1. The average Bonchev–Trinajstić information content (AvgIpc) is 2.35. The number of hydrogen-bond donors (Lipinski definition) is 3. The summed E-state index contributed by atoms with van der Waals surface area (Å²) in [5.74, 6) is -1.40. The molecule has 1 aromatic carbocycles. The second kappa shape index (κ2) is 7.47. The predicted molar refractivity (Wildman–Crippen MR) is 72.8 cm³/mol. The second-order valence-electron chi connectivity index (χ2n) is 4.83. The van der Waals surface area contributed by atoms with Gasteiger partial charge in [-0.2, -0.15) is 0 Å². The third-order valence-electron chi connectivity index (χ3n) is 2.83. The lowest BCUT2D eigenvalue weighted by Crippen LogP contribution is -2.39. The minimum atomic E-state index is -0.896. The standard InChI is InChI=1S/C14H19FN2O3/c1-9(6-13(18)19)8-16-14(20)17-10(2)11-4-3-5-12(15)7-11/h3-5,7,9-10H,6,8H2,1-2H3,(H,18,19)(H2,16,17,20). The van der Waals surface area contributed by atoms with Gasteiger partial charge in [-0.3, -0.25) is 4.79 Å². The number of aliphatic carboxylic acids is 1. The summed E-state index contributed by atoms with van der Waals surface area (Å²) in [6.07, 6.45) is -0.000268. The number of rotatable bonds is 6. The molecule has 0 aromatic heterocycles. The highest BCUT2D eigenvalue weighted by molar-refractivity contribution is 5.74. The van der Waals surface area contributed by atoms with E-state index < -0.39 is 12.0 Å². The summed E-state index contributed by atoms with van der Waals surface area (Å²) >= 11 is 0. The Kier molecular flexibility index (Phi) is 5.96. The van der Waals surface area contributed by atoms with Crippen molar-refractivity contribution in [2.75, 3.05) is 6.54 Å². The first-order valence-corrected chi connectivity index (χ1v) is 6.40. The highest BCUT2D eigenvalue weighted by atomic mass is 19.1. The van der Waals surface area contributed by atoms with E-state index in [2.05, 4.69) is 10.6 Å². The van der Waals surface area contributed by atoms with Crippen LogP contribution in [0.2, 0.25) is 0 Å². The van der Waals surface area contributed by atoms with Crippen molar-refractivity contribution in [3.8, 4) is 0 Å². The van der Waals surface area contributed by atoms with Gasteiger partial charge in [0, 0.05) is 13.0 Å². The Bertz CT molecular complexity index is 479. The maximum absolute atomic E-state index is 13.1. The Morgan fingerprint density at radius 1 is 1.35 bits per heavy atom. The molecular formula is C14H19FN2O3. The van der Waals surface area contributed by atoms with E-state index in [-0.39, 0.29) is 30.7 Å². The first-order valence-electron chi connectivity index (χ1n) is 6.40. The van der Waals surface area contributed by atoms with Crippen molar-refractivity contribution < 1.29 is 19.1 Å². The number of carboxylic acids is 1. The average molecular weight is 282 g/mol. The van der Waals surface area contributed by atoms with Crippen molar-refractivity contribution in [1.82, 2.24) is 10.6 Å². The van der Waals surface area contributed by atoms with Gasteiger partial charge in [0.2, 0.25) is 0 Å². The monoisotopic (exact) mass is 282 g/mol. The van der Waals surface area contributed by atoms with Gasteiger partial charge in [-0.15, -0.1) is 0 Å². The third-order valence-corrected chi connectivity index (χ3v) is 2.83. The van der Waals surface area contributed by atoms with Crippen LogP contribution in [0.15, 0.2) is 24.3 Å². The maximum Gasteiger partial charge on any atom is 0.315 e. The molecule has 0 aliphatic rings. The van der Waals surface area contributed by atoms with E-state index in [9.17, 15) is 14.0 Å². The summed E-state index contributed by atoms with van der Waals surface area (Å²) in [6.45, 7) is 3.76. The van der Waals surface area contributed by atoms with Crippen LogP contribution in [-0.2, 0) is 4.79 Å². The van der Waals surface area contributed by atoms with Gasteiger partial charge in [-0.05, 0) is 30.5 Å². The summed E-state index contributed by atoms with van der Waals surface area (Å²) < 4.78 is 13.1. The minimum absolute atomic E-state index is 0.000268. The number of halogens is 1. The molecule has 0 radical (unpaired) electrons. The summed E-state index contributed by atoms with van der Waals surface area (Å²) in [4.78, 5) is 22.1. The van der Waals surface area contributed by atoms with E-state index in [1.807, 2.05) is 0 Å². The van der Waals surface area contributed by atoms with Crippen LogP contribution in [0.1, 0.15) is 31.9 Å². The Morgan fingerprint density at radius 2 is 2.05 bits per heavy atom. The summed E-state index contributed by atoms with van der Waals surface area (Å²) in [5, 5.41) is 13.9. The lowest BCUT2D eigenvalue weighted by molar-refractivity contribution is -0.137. The van der Waals surface area contributed by atoms with Crippen LogP contribution in [-0.4, -0.2) is 23.7 Å². The molecule has 2 unspecified atom stereocenters. The van der Waals surface area contributed by atoms with E-state index in [1.54, 1.807) is 26.0 Å². The van der Waals surface area contributed by atoms with Crippen molar-refractivity contribution in [3.63, 3.8) is 0 Å². The number of carbonyl (C=O) groups excluding carboxylic acids is 1. The normalized spacial score (nSPS) is 13.3. The minimum Gasteiger partial charge on any atom is -0.481 e. The fourth-order valence-electron chi connectivity index (χ4n) is 1.74. The van der Waals surface area contributed by atoms with Gasteiger partial charge < -0.3 is 15.7 Å². The topological polar surface area (TPSA) is 78.4 Å². The molecule has 1 rings (SSSR count). The van der Waals surface area contributed by atoms with Crippen molar-refractivity contribution in [3.05, 3.63) is 35.6 Å². The molecule has 3 N–H and O–H groups in total. The second-order valence-corrected chi connectivity index (χ2v) is 4.83. The van der Waals surface area contributed by atoms with Gasteiger partial charge in [0.15, 0.2) is 0 Å². The Balaban J connectivity index is 2.40. The third kappa shape index (κ3) is 5.69. The summed E-state index contributed by atoms with van der Waals surface area (Å²) in [7, 11) is 0. The van der Waals surface area contributed by atoms with E-state index in [0.717, 1.165) is 0 Å². The van der Waals surface area contributed by atoms with Crippen LogP contribution in [0, 0.1) is 11.7 Å². The van der Waals surface area contributed by atoms with Crippen molar-refractivity contribution in [2.24, 2.45) is 5.92 Å². The quantitative estimate of drug-likeness (QED) is 0.749. The lowest BCUT2D eigenvalue weighted by Gasteiger charge is -2.16. The molecule has 110 valence electrons. The zero-order chi connectivity index (χ0) is 15.1. The molecule has 5 nitrogen and oxygen atoms in total. The molecule has 1 aromatic rings. The van der Waals surface area contributed by atoms with Crippen LogP contribution in [0.4, 0.5) is 9.18 Å². The smallest absolute Gasteiger partial charge is 0.315 e. The molecule has 2 amide bonds. The number of carbonyl (C=O) groups is 2. The molecule has 0 spiro atoms. The van der Waals surface area contributed by atoms with E-state index in [4.69, 9.17) is 5.11 Å².